The molecule has 4 nitrogen and oxygen atoms in total. The fourth-order valence-electron chi connectivity index (χ4n) is 2.88. The van der Waals surface area contributed by atoms with Crippen LogP contribution in [0.5, 0.6) is 0 Å². The maximum absolute atomic E-state index is 9.71. The molecule has 22 heavy (non-hydrogen) atoms. The van der Waals surface area contributed by atoms with E-state index in [2.05, 4.69) is 40.0 Å². The summed E-state index contributed by atoms with van der Waals surface area (Å²) in [6, 6.07) is 8.17. The molecule has 1 atom stereocenters. The Labute approximate surface area is 141 Å². The van der Waals surface area contributed by atoms with Crippen LogP contribution in [0, 0.1) is 0 Å². The average Bonchev–Trinajstić information content (AvgIpc) is 2.92. The first kappa shape index (κ1) is 17.9. The Kier molecular flexibility index (Phi) is 6.84. The predicted molar refractivity (Wildman–Crippen MR) is 90.8 cm³/mol. The number of ether oxygens (including phenoxy) is 2. The first-order valence-corrected chi connectivity index (χ1v) is 8.68. The Bertz CT molecular complexity index is 463. The number of benzene rings is 1. The lowest BCUT2D eigenvalue weighted by Crippen LogP contribution is -2.29. The van der Waals surface area contributed by atoms with E-state index in [1.54, 1.807) is 0 Å². The van der Waals surface area contributed by atoms with E-state index in [1.165, 1.54) is 0 Å². The fourth-order valence-corrected chi connectivity index (χ4v) is 3.29. The minimum Gasteiger partial charge on any atom is -0.394 e. The van der Waals surface area contributed by atoms with Crippen molar-refractivity contribution in [3.8, 4) is 0 Å². The quantitative estimate of drug-likeness (QED) is 0.711. The van der Waals surface area contributed by atoms with Crippen LogP contribution in [0.4, 0.5) is 0 Å². The summed E-state index contributed by atoms with van der Waals surface area (Å²) in [5.41, 5.74) is 1.13. The lowest BCUT2D eigenvalue weighted by molar-refractivity contribution is -0.147. The van der Waals surface area contributed by atoms with Crippen LogP contribution in [0.1, 0.15) is 37.8 Å². The molecule has 0 unspecified atom stereocenters. The highest BCUT2D eigenvalue weighted by atomic mass is 79.9. The van der Waals surface area contributed by atoms with E-state index in [-0.39, 0.29) is 18.4 Å². The molecule has 1 aromatic carbocycles. The Morgan fingerprint density at radius 3 is 2.68 bits per heavy atom. The molecule has 0 amide bonds. The van der Waals surface area contributed by atoms with E-state index in [0.717, 1.165) is 35.8 Å². The van der Waals surface area contributed by atoms with Crippen molar-refractivity contribution in [2.24, 2.45) is 0 Å². The number of hydrogen-bond donors (Lipinski definition) is 1. The highest BCUT2D eigenvalue weighted by Gasteiger charge is 2.30. The summed E-state index contributed by atoms with van der Waals surface area (Å²) < 4.78 is 12.3. The van der Waals surface area contributed by atoms with Gasteiger partial charge in [0.15, 0.2) is 5.79 Å². The average molecular weight is 372 g/mol. The molecule has 124 valence electrons. The van der Waals surface area contributed by atoms with E-state index in [9.17, 15) is 5.11 Å². The molecule has 1 N–H and O–H groups in total. The number of aliphatic hydroxyl groups excluding tert-OH is 1. The zero-order valence-corrected chi connectivity index (χ0v) is 15.0. The number of likely N-dealkylation sites (N-methyl/N-ethyl adjacent to an activating group) is 1. The van der Waals surface area contributed by atoms with Gasteiger partial charge in [0, 0.05) is 10.9 Å². The molecule has 1 heterocycles. The topological polar surface area (TPSA) is 41.9 Å². The Hall–Kier alpha value is -0.460. The predicted octanol–water partition coefficient (Wildman–Crippen LogP) is 3.35. The number of hydrogen-bond acceptors (Lipinski definition) is 4. The molecule has 0 aliphatic carbocycles. The molecule has 0 spiro atoms. The van der Waals surface area contributed by atoms with Crippen molar-refractivity contribution in [2.75, 3.05) is 33.4 Å². The Morgan fingerprint density at radius 2 is 2.05 bits per heavy atom. The molecule has 1 aliphatic heterocycles. The summed E-state index contributed by atoms with van der Waals surface area (Å²) in [5, 5.41) is 9.71. The summed E-state index contributed by atoms with van der Waals surface area (Å²) >= 11 is 3.49. The number of nitrogens with zero attached hydrogens (tertiary/aromatic N) is 1. The van der Waals surface area contributed by atoms with Gasteiger partial charge in [-0.25, -0.2) is 0 Å². The van der Waals surface area contributed by atoms with Crippen molar-refractivity contribution in [3.63, 3.8) is 0 Å². The normalized spacial score (nSPS) is 18.8. The molecule has 1 saturated heterocycles. The van der Waals surface area contributed by atoms with Crippen molar-refractivity contribution in [2.45, 2.75) is 38.0 Å². The summed E-state index contributed by atoms with van der Waals surface area (Å²) in [5.74, 6) is -0.390. The lowest BCUT2D eigenvalue weighted by Gasteiger charge is -2.28. The van der Waals surface area contributed by atoms with Gasteiger partial charge in [0.25, 0.3) is 0 Å². The van der Waals surface area contributed by atoms with Gasteiger partial charge in [-0.05, 0) is 51.1 Å². The minimum absolute atomic E-state index is 0.0343. The van der Waals surface area contributed by atoms with Crippen LogP contribution in [0.3, 0.4) is 0 Å². The van der Waals surface area contributed by atoms with Crippen LogP contribution < -0.4 is 0 Å². The maximum atomic E-state index is 9.71. The van der Waals surface area contributed by atoms with Gasteiger partial charge in [-0.15, -0.1) is 0 Å². The van der Waals surface area contributed by atoms with Crippen molar-refractivity contribution in [3.05, 3.63) is 34.3 Å². The molecule has 1 fully saturated rings. The monoisotopic (exact) mass is 371 g/mol. The standard InChI is InChI=1S/C17H26BrNO3/c1-17(21-10-11-22-17)8-3-4-9-19(2)16(13-20)14-6-5-7-15(18)12-14/h5-7,12,16,20H,3-4,8-11,13H2,1-2H3/t16-/m1/s1. The van der Waals surface area contributed by atoms with Crippen LogP contribution >= 0.6 is 15.9 Å². The summed E-state index contributed by atoms with van der Waals surface area (Å²) in [4.78, 5) is 2.21. The van der Waals surface area contributed by atoms with E-state index < -0.39 is 0 Å². The Morgan fingerprint density at radius 1 is 1.32 bits per heavy atom. The molecule has 0 saturated carbocycles. The number of aliphatic hydroxyl groups is 1. The van der Waals surface area contributed by atoms with Gasteiger partial charge in [0.1, 0.15) is 0 Å². The van der Waals surface area contributed by atoms with Crippen LogP contribution in [0.2, 0.25) is 0 Å². The summed E-state index contributed by atoms with van der Waals surface area (Å²) in [7, 11) is 2.06. The van der Waals surface area contributed by atoms with Gasteiger partial charge in [0.05, 0.1) is 25.9 Å². The van der Waals surface area contributed by atoms with Gasteiger partial charge in [-0.2, -0.15) is 0 Å². The third kappa shape index (κ3) is 5.03. The van der Waals surface area contributed by atoms with Crippen molar-refractivity contribution < 1.29 is 14.6 Å². The van der Waals surface area contributed by atoms with Crippen molar-refractivity contribution in [1.82, 2.24) is 4.90 Å². The van der Waals surface area contributed by atoms with Gasteiger partial charge >= 0.3 is 0 Å². The molecule has 5 heteroatoms. The van der Waals surface area contributed by atoms with Crippen LogP contribution in [0.25, 0.3) is 0 Å². The first-order chi connectivity index (χ1) is 10.5. The zero-order chi connectivity index (χ0) is 16.0. The SMILES string of the molecule is CN(CCCCC1(C)OCCO1)[C@H](CO)c1cccc(Br)c1. The second-order valence-corrected chi connectivity index (χ2v) is 6.94. The van der Waals surface area contributed by atoms with Gasteiger partial charge < -0.3 is 14.6 Å². The third-order valence-corrected chi connectivity index (χ3v) is 4.72. The molecule has 0 aromatic heterocycles. The highest BCUT2D eigenvalue weighted by Crippen LogP contribution is 2.26. The van der Waals surface area contributed by atoms with E-state index >= 15 is 0 Å². The van der Waals surface area contributed by atoms with Crippen molar-refractivity contribution in [1.29, 1.82) is 0 Å². The van der Waals surface area contributed by atoms with E-state index in [0.29, 0.717) is 13.2 Å². The van der Waals surface area contributed by atoms with Gasteiger partial charge in [-0.3, -0.25) is 4.90 Å². The second kappa shape index (κ2) is 8.41. The van der Waals surface area contributed by atoms with Crippen molar-refractivity contribution >= 4 is 15.9 Å². The zero-order valence-electron chi connectivity index (χ0n) is 13.4. The fraction of sp³-hybridized carbons (Fsp3) is 0.647. The molecule has 0 radical (unpaired) electrons. The number of halogens is 1. The minimum atomic E-state index is -0.390. The lowest BCUT2D eigenvalue weighted by atomic mass is 10.1. The number of unbranched alkanes of at least 4 members (excludes halogenated alkanes) is 1. The smallest absolute Gasteiger partial charge is 0.165 e. The molecule has 0 bridgehead atoms. The maximum Gasteiger partial charge on any atom is 0.165 e. The molecule has 2 rings (SSSR count). The summed E-state index contributed by atoms with van der Waals surface area (Å²) in [6.07, 6.45) is 3.03. The summed E-state index contributed by atoms with van der Waals surface area (Å²) in [6.45, 7) is 4.48. The van der Waals surface area contributed by atoms with Crippen LogP contribution in [-0.4, -0.2) is 49.2 Å². The van der Waals surface area contributed by atoms with E-state index in [4.69, 9.17) is 9.47 Å². The van der Waals surface area contributed by atoms with Gasteiger partial charge in [-0.1, -0.05) is 28.1 Å². The number of rotatable bonds is 8. The van der Waals surface area contributed by atoms with Crippen LogP contribution in [0.15, 0.2) is 28.7 Å². The molecular formula is C17H26BrNO3. The van der Waals surface area contributed by atoms with E-state index in [1.807, 2.05) is 19.1 Å². The molecular weight excluding hydrogens is 346 g/mol. The Balaban J connectivity index is 1.78. The largest absolute Gasteiger partial charge is 0.394 e. The highest BCUT2D eigenvalue weighted by molar-refractivity contribution is 9.10. The molecule has 1 aliphatic rings. The van der Waals surface area contributed by atoms with Crippen LogP contribution in [-0.2, 0) is 9.47 Å². The second-order valence-electron chi connectivity index (χ2n) is 6.02. The first-order valence-electron chi connectivity index (χ1n) is 7.88. The third-order valence-electron chi connectivity index (χ3n) is 4.23. The van der Waals surface area contributed by atoms with Gasteiger partial charge in [0.2, 0.25) is 0 Å². The molecule has 1 aromatic rings.